The summed E-state index contributed by atoms with van der Waals surface area (Å²) in [5.74, 6) is 1.52. The minimum atomic E-state index is -0.647. The summed E-state index contributed by atoms with van der Waals surface area (Å²) in [6.07, 6.45) is -0.647. The van der Waals surface area contributed by atoms with E-state index in [4.69, 9.17) is 14.2 Å². The quantitative estimate of drug-likeness (QED) is 0.584. The third-order valence-corrected chi connectivity index (χ3v) is 4.57. The van der Waals surface area contributed by atoms with E-state index in [0.717, 1.165) is 5.56 Å². The highest BCUT2D eigenvalue weighted by Gasteiger charge is 2.17. The molecule has 2 rings (SSSR count). The van der Waals surface area contributed by atoms with Crippen LogP contribution in [0.25, 0.3) is 0 Å². The van der Waals surface area contributed by atoms with Gasteiger partial charge in [-0.1, -0.05) is 32.0 Å². The number of methoxy groups -OCH3 is 2. The summed E-state index contributed by atoms with van der Waals surface area (Å²) in [6, 6.07) is 12.6. The van der Waals surface area contributed by atoms with Crippen LogP contribution in [0.15, 0.2) is 42.5 Å². The largest absolute Gasteiger partial charge is 0.493 e. The van der Waals surface area contributed by atoms with Crippen LogP contribution in [-0.2, 0) is 4.79 Å². The number of hydrogen-bond acceptors (Lipinski definition) is 5. The molecular weight excluding hydrogens is 384 g/mol. The van der Waals surface area contributed by atoms with Gasteiger partial charge >= 0.3 is 0 Å². The van der Waals surface area contributed by atoms with Gasteiger partial charge in [-0.3, -0.25) is 9.59 Å². The van der Waals surface area contributed by atoms with Crippen LogP contribution >= 0.6 is 0 Å². The molecular formula is C23H30N2O5. The third-order valence-electron chi connectivity index (χ3n) is 4.57. The lowest BCUT2D eigenvalue weighted by atomic mass is 10.0. The Morgan fingerprint density at radius 3 is 2.20 bits per heavy atom. The van der Waals surface area contributed by atoms with Crippen molar-refractivity contribution in [2.45, 2.75) is 32.8 Å². The van der Waals surface area contributed by atoms with Gasteiger partial charge in [-0.25, -0.2) is 0 Å². The van der Waals surface area contributed by atoms with Crippen LogP contribution in [0.3, 0.4) is 0 Å². The Morgan fingerprint density at radius 2 is 1.53 bits per heavy atom. The molecule has 0 fully saturated rings. The lowest BCUT2D eigenvalue weighted by Crippen LogP contribution is -2.40. The number of hydrogen-bond donors (Lipinski definition) is 2. The summed E-state index contributed by atoms with van der Waals surface area (Å²) < 4.78 is 16.2. The first kappa shape index (κ1) is 23.1. The molecule has 162 valence electrons. The highest BCUT2D eigenvalue weighted by atomic mass is 16.5. The maximum Gasteiger partial charge on any atom is 0.260 e. The molecule has 2 aromatic carbocycles. The molecule has 2 amide bonds. The maximum absolute atomic E-state index is 12.3. The summed E-state index contributed by atoms with van der Waals surface area (Å²) in [4.78, 5) is 24.6. The lowest BCUT2D eigenvalue weighted by molar-refractivity contribution is -0.127. The summed E-state index contributed by atoms with van der Waals surface area (Å²) in [6.45, 7) is 6.43. The summed E-state index contributed by atoms with van der Waals surface area (Å²) >= 11 is 0. The van der Waals surface area contributed by atoms with Crippen molar-refractivity contribution in [1.29, 1.82) is 0 Å². The van der Waals surface area contributed by atoms with Crippen molar-refractivity contribution in [3.05, 3.63) is 53.6 Å². The van der Waals surface area contributed by atoms with Crippen LogP contribution < -0.4 is 24.8 Å². The second kappa shape index (κ2) is 11.1. The Morgan fingerprint density at radius 1 is 0.867 bits per heavy atom. The standard InChI is InChI=1S/C23H30N2O5/c1-15(2)18-8-6-7-9-19(18)30-16(3)22(26)24-12-13-25-23(27)17-10-11-20(28-4)21(14-17)29-5/h6-11,14-16H,12-13H2,1-5H3,(H,24,26)(H,25,27). The highest BCUT2D eigenvalue weighted by Crippen LogP contribution is 2.28. The zero-order valence-corrected chi connectivity index (χ0v) is 18.2. The molecule has 0 aliphatic heterocycles. The van der Waals surface area contributed by atoms with Crippen LogP contribution in [-0.4, -0.2) is 45.2 Å². The summed E-state index contributed by atoms with van der Waals surface area (Å²) in [5, 5.41) is 5.54. The molecule has 0 aliphatic carbocycles. The van der Waals surface area contributed by atoms with Gasteiger partial charge in [0.25, 0.3) is 11.8 Å². The first-order valence-electron chi connectivity index (χ1n) is 9.90. The predicted octanol–water partition coefficient (Wildman–Crippen LogP) is 3.14. The number of amides is 2. The Hall–Kier alpha value is -3.22. The van der Waals surface area contributed by atoms with E-state index >= 15 is 0 Å². The molecule has 0 aliphatic rings. The molecule has 0 radical (unpaired) electrons. The predicted molar refractivity (Wildman–Crippen MR) is 116 cm³/mol. The number of nitrogens with one attached hydrogen (secondary N) is 2. The number of para-hydroxylation sites is 1. The van der Waals surface area contributed by atoms with Crippen LogP contribution in [0.1, 0.15) is 42.6 Å². The van der Waals surface area contributed by atoms with E-state index in [9.17, 15) is 9.59 Å². The summed E-state index contributed by atoms with van der Waals surface area (Å²) in [7, 11) is 3.05. The SMILES string of the molecule is COc1ccc(C(=O)NCCNC(=O)C(C)Oc2ccccc2C(C)C)cc1OC. The average Bonchev–Trinajstić information content (AvgIpc) is 2.75. The van der Waals surface area contributed by atoms with Gasteiger partial charge in [0.05, 0.1) is 14.2 Å². The smallest absolute Gasteiger partial charge is 0.260 e. The van der Waals surface area contributed by atoms with E-state index in [2.05, 4.69) is 24.5 Å². The number of benzene rings is 2. The van der Waals surface area contributed by atoms with Gasteiger partial charge in [-0.05, 0) is 42.7 Å². The van der Waals surface area contributed by atoms with E-state index in [-0.39, 0.29) is 24.9 Å². The molecule has 7 nitrogen and oxygen atoms in total. The first-order chi connectivity index (χ1) is 14.4. The zero-order valence-electron chi connectivity index (χ0n) is 18.2. The normalized spacial score (nSPS) is 11.5. The van der Waals surface area contributed by atoms with Gasteiger partial charge in [0.15, 0.2) is 17.6 Å². The van der Waals surface area contributed by atoms with Crippen molar-refractivity contribution in [1.82, 2.24) is 10.6 Å². The fraction of sp³-hybridized carbons (Fsp3) is 0.391. The lowest BCUT2D eigenvalue weighted by Gasteiger charge is -2.18. The molecule has 0 saturated heterocycles. The molecule has 0 aromatic heterocycles. The van der Waals surface area contributed by atoms with Gasteiger partial charge in [-0.15, -0.1) is 0 Å². The van der Waals surface area contributed by atoms with Crippen LogP contribution in [0.2, 0.25) is 0 Å². The van der Waals surface area contributed by atoms with Crippen molar-refractivity contribution in [2.75, 3.05) is 27.3 Å². The van der Waals surface area contributed by atoms with Crippen LogP contribution in [0.4, 0.5) is 0 Å². The highest BCUT2D eigenvalue weighted by molar-refractivity contribution is 5.94. The van der Waals surface area contributed by atoms with Gasteiger partial charge in [0.1, 0.15) is 5.75 Å². The second-order valence-electron chi connectivity index (χ2n) is 7.07. The Labute approximate surface area is 177 Å². The molecule has 0 saturated carbocycles. The fourth-order valence-electron chi connectivity index (χ4n) is 2.89. The van der Waals surface area contributed by atoms with E-state index < -0.39 is 6.10 Å². The van der Waals surface area contributed by atoms with Gasteiger partial charge in [-0.2, -0.15) is 0 Å². The average molecular weight is 415 g/mol. The molecule has 0 spiro atoms. The minimum Gasteiger partial charge on any atom is -0.493 e. The van der Waals surface area contributed by atoms with E-state index in [1.807, 2.05) is 24.3 Å². The maximum atomic E-state index is 12.3. The topological polar surface area (TPSA) is 85.9 Å². The van der Waals surface area contributed by atoms with Crippen molar-refractivity contribution >= 4 is 11.8 Å². The molecule has 2 N–H and O–H groups in total. The van der Waals surface area contributed by atoms with Crippen LogP contribution in [0, 0.1) is 0 Å². The minimum absolute atomic E-state index is 0.242. The molecule has 1 atom stereocenters. The van der Waals surface area contributed by atoms with Crippen molar-refractivity contribution in [3.8, 4) is 17.2 Å². The number of rotatable bonds is 10. The van der Waals surface area contributed by atoms with Gasteiger partial charge in [0.2, 0.25) is 0 Å². The van der Waals surface area contributed by atoms with Crippen molar-refractivity contribution in [2.24, 2.45) is 0 Å². The van der Waals surface area contributed by atoms with Crippen LogP contribution in [0.5, 0.6) is 17.2 Å². The number of carbonyl (C=O) groups excluding carboxylic acids is 2. The monoisotopic (exact) mass is 414 g/mol. The fourth-order valence-corrected chi connectivity index (χ4v) is 2.89. The van der Waals surface area contributed by atoms with Gasteiger partial charge < -0.3 is 24.8 Å². The molecule has 7 heteroatoms. The third kappa shape index (κ3) is 6.14. The molecule has 0 heterocycles. The molecule has 1 unspecified atom stereocenters. The van der Waals surface area contributed by atoms with E-state index in [1.165, 1.54) is 14.2 Å². The molecule has 2 aromatic rings. The Kier molecular flexibility index (Phi) is 8.53. The Bertz CT molecular complexity index is 866. The van der Waals surface area contributed by atoms with Crippen molar-refractivity contribution in [3.63, 3.8) is 0 Å². The second-order valence-corrected chi connectivity index (χ2v) is 7.07. The zero-order chi connectivity index (χ0) is 22.1. The summed E-state index contributed by atoms with van der Waals surface area (Å²) in [5.41, 5.74) is 1.50. The first-order valence-corrected chi connectivity index (χ1v) is 9.90. The van der Waals surface area contributed by atoms with Crippen molar-refractivity contribution < 1.29 is 23.8 Å². The number of ether oxygens (including phenoxy) is 3. The van der Waals surface area contributed by atoms with E-state index in [1.54, 1.807) is 25.1 Å². The Balaban J connectivity index is 1.81. The molecule has 30 heavy (non-hydrogen) atoms. The van der Waals surface area contributed by atoms with E-state index in [0.29, 0.717) is 28.7 Å². The number of carbonyl (C=O) groups is 2. The molecule has 0 bridgehead atoms. The van der Waals surface area contributed by atoms with Gasteiger partial charge in [0, 0.05) is 18.7 Å².